The molecule has 104 valence electrons. The number of rotatable bonds is 2. The van der Waals surface area contributed by atoms with Gasteiger partial charge in [-0.05, 0) is 47.6 Å². The molecular formula is C18H22OSi. The van der Waals surface area contributed by atoms with Crippen LogP contribution in [0.3, 0.4) is 0 Å². The van der Waals surface area contributed by atoms with Gasteiger partial charge in [-0.1, -0.05) is 50.0 Å². The number of fused-ring (bicyclic) bond motifs is 1. The van der Waals surface area contributed by atoms with Crippen LogP contribution in [0.5, 0.6) is 0 Å². The molecule has 0 amide bonds. The maximum absolute atomic E-state index is 12.8. The standard InChI is InChI=1S/C18H22OSi/c1-20(2,3)18-16(13-9-5-4-6-10-13)14-11-7-8-12-15(14)17(18)19/h7-9,11-12H,4-6,10H2,1-3H3. The van der Waals surface area contributed by atoms with Gasteiger partial charge in [0.25, 0.3) is 0 Å². The summed E-state index contributed by atoms with van der Waals surface area (Å²) in [6, 6.07) is 8.17. The van der Waals surface area contributed by atoms with E-state index in [9.17, 15) is 4.79 Å². The monoisotopic (exact) mass is 282 g/mol. The lowest BCUT2D eigenvalue weighted by Gasteiger charge is -2.22. The number of carbonyl (C=O) groups excluding carboxylic acids is 1. The summed E-state index contributed by atoms with van der Waals surface area (Å²) in [6.07, 6.45) is 7.20. The van der Waals surface area contributed by atoms with E-state index in [4.69, 9.17) is 0 Å². The third kappa shape index (κ3) is 2.12. The molecule has 20 heavy (non-hydrogen) atoms. The topological polar surface area (TPSA) is 17.1 Å². The van der Waals surface area contributed by atoms with Crippen LogP contribution in [-0.4, -0.2) is 13.9 Å². The molecule has 1 nitrogen and oxygen atoms in total. The molecule has 0 unspecified atom stereocenters. The second-order valence-electron chi connectivity index (χ2n) is 6.85. The molecule has 3 rings (SSSR count). The number of allylic oxidation sites excluding steroid dienone is 4. The average Bonchev–Trinajstić information content (AvgIpc) is 2.74. The van der Waals surface area contributed by atoms with Crippen molar-refractivity contribution in [3.05, 3.63) is 52.2 Å². The van der Waals surface area contributed by atoms with Gasteiger partial charge in [0.05, 0.1) is 8.07 Å². The fourth-order valence-corrected chi connectivity index (χ4v) is 5.26. The van der Waals surface area contributed by atoms with Gasteiger partial charge in [0.2, 0.25) is 0 Å². The third-order valence-corrected chi connectivity index (χ3v) is 6.26. The molecule has 0 heterocycles. The van der Waals surface area contributed by atoms with Crippen LogP contribution in [0.15, 0.2) is 41.1 Å². The van der Waals surface area contributed by atoms with Crippen LogP contribution in [0.2, 0.25) is 19.6 Å². The largest absolute Gasteiger partial charge is 0.289 e. The molecular weight excluding hydrogens is 260 g/mol. The van der Waals surface area contributed by atoms with Crippen molar-refractivity contribution in [3.8, 4) is 0 Å². The van der Waals surface area contributed by atoms with E-state index in [1.165, 1.54) is 29.6 Å². The zero-order valence-electron chi connectivity index (χ0n) is 12.6. The Kier molecular flexibility index (Phi) is 3.29. The zero-order valence-corrected chi connectivity index (χ0v) is 13.6. The van der Waals surface area contributed by atoms with E-state index < -0.39 is 8.07 Å². The summed E-state index contributed by atoms with van der Waals surface area (Å²) in [6.45, 7) is 6.86. The fourth-order valence-electron chi connectivity index (χ4n) is 3.40. The number of benzene rings is 1. The molecule has 1 aromatic carbocycles. The fraction of sp³-hybridized carbons (Fsp3) is 0.389. The lowest BCUT2D eigenvalue weighted by Crippen LogP contribution is -2.28. The molecule has 0 bridgehead atoms. The van der Waals surface area contributed by atoms with Gasteiger partial charge < -0.3 is 0 Å². The van der Waals surface area contributed by atoms with Crippen molar-refractivity contribution in [2.75, 3.05) is 0 Å². The van der Waals surface area contributed by atoms with Crippen LogP contribution in [0.1, 0.15) is 41.6 Å². The molecule has 0 spiro atoms. The van der Waals surface area contributed by atoms with Crippen LogP contribution in [0, 0.1) is 0 Å². The van der Waals surface area contributed by atoms with E-state index >= 15 is 0 Å². The van der Waals surface area contributed by atoms with Crippen molar-refractivity contribution in [3.63, 3.8) is 0 Å². The summed E-state index contributed by atoms with van der Waals surface area (Å²) >= 11 is 0. The van der Waals surface area contributed by atoms with E-state index in [-0.39, 0.29) is 0 Å². The Balaban J connectivity index is 2.24. The molecule has 0 radical (unpaired) electrons. The highest BCUT2D eigenvalue weighted by Gasteiger charge is 2.37. The average molecular weight is 282 g/mol. The van der Waals surface area contributed by atoms with Crippen molar-refractivity contribution in [1.82, 2.24) is 0 Å². The highest BCUT2D eigenvalue weighted by atomic mass is 28.3. The summed E-state index contributed by atoms with van der Waals surface area (Å²) in [7, 11) is -1.64. The lowest BCUT2D eigenvalue weighted by atomic mass is 9.90. The van der Waals surface area contributed by atoms with Crippen molar-refractivity contribution in [2.24, 2.45) is 0 Å². The van der Waals surface area contributed by atoms with Crippen molar-refractivity contribution in [1.29, 1.82) is 0 Å². The summed E-state index contributed by atoms with van der Waals surface area (Å²) in [4.78, 5) is 12.8. The van der Waals surface area contributed by atoms with Gasteiger partial charge in [0.1, 0.15) is 0 Å². The first-order chi connectivity index (χ1) is 9.50. The van der Waals surface area contributed by atoms with Gasteiger partial charge in [-0.3, -0.25) is 4.79 Å². The Morgan fingerprint density at radius 1 is 1.00 bits per heavy atom. The zero-order chi connectivity index (χ0) is 14.3. The van der Waals surface area contributed by atoms with E-state index in [0.717, 1.165) is 23.6 Å². The Morgan fingerprint density at radius 3 is 2.30 bits per heavy atom. The Labute approximate surface area is 122 Å². The van der Waals surface area contributed by atoms with E-state index in [2.05, 4.69) is 37.8 Å². The predicted octanol–water partition coefficient (Wildman–Crippen LogP) is 5.01. The first-order valence-electron chi connectivity index (χ1n) is 7.58. The van der Waals surface area contributed by atoms with E-state index in [1.54, 1.807) is 0 Å². The second-order valence-corrected chi connectivity index (χ2v) is 11.8. The first kappa shape index (κ1) is 13.6. The Bertz CT molecular complexity index is 629. The highest BCUT2D eigenvalue weighted by molar-refractivity contribution is 6.89. The summed E-state index contributed by atoms with van der Waals surface area (Å²) in [5.74, 6) is 0.293. The molecule has 2 aliphatic carbocycles. The normalized spacial score (nSPS) is 19.1. The van der Waals surface area contributed by atoms with Crippen molar-refractivity contribution < 1.29 is 4.79 Å². The maximum Gasteiger partial charge on any atom is 0.186 e. The van der Waals surface area contributed by atoms with Crippen LogP contribution in [0.4, 0.5) is 0 Å². The van der Waals surface area contributed by atoms with Crippen LogP contribution >= 0.6 is 0 Å². The lowest BCUT2D eigenvalue weighted by molar-refractivity contribution is 0.104. The third-order valence-electron chi connectivity index (χ3n) is 4.28. The van der Waals surface area contributed by atoms with Gasteiger partial charge in [-0.25, -0.2) is 0 Å². The van der Waals surface area contributed by atoms with Crippen LogP contribution < -0.4 is 0 Å². The maximum atomic E-state index is 12.8. The Hall–Kier alpha value is -1.41. The number of Topliss-reactive ketones (excluding diaryl/α,β-unsaturated/α-hetero) is 1. The number of carbonyl (C=O) groups is 1. The van der Waals surface area contributed by atoms with Gasteiger partial charge in [0, 0.05) is 5.56 Å². The molecule has 0 aliphatic heterocycles. The van der Waals surface area contributed by atoms with Crippen LogP contribution in [0.25, 0.3) is 5.57 Å². The quantitative estimate of drug-likeness (QED) is 0.696. The molecule has 1 aromatic rings. The SMILES string of the molecule is C[Si](C)(C)C1=C(C2=CCCCC2)c2ccccc2C1=O. The summed E-state index contributed by atoms with van der Waals surface area (Å²) in [5, 5.41) is 1.15. The molecule has 0 aromatic heterocycles. The van der Waals surface area contributed by atoms with Crippen molar-refractivity contribution in [2.45, 2.75) is 45.3 Å². The highest BCUT2D eigenvalue weighted by Crippen LogP contribution is 2.43. The van der Waals surface area contributed by atoms with Gasteiger partial charge in [-0.15, -0.1) is 0 Å². The van der Waals surface area contributed by atoms with Gasteiger partial charge in [-0.2, -0.15) is 0 Å². The Morgan fingerprint density at radius 2 is 1.70 bits per heavy atom. The van der Waals surface area contributed by atoms with Crippen molar-refractivity contribution >= 4 is 19.4 Å². The molecule has 0 N–H and O–H groups in total. The molecule has 0 fully saturated rings. The minimum Gasteiger partial charge on any atom is -0.289 e. The van der Waals surface area contributed by atoms with Gasteiger partial charge in [0.15, 0.2) is 5.78 Å². The number of ketones is 1. The van der Waals surface area contributed by atoms with E-state index in [0.29, 0.717) is 5.78 Å². The molecule has 2 aliphatic rings. The second kappa shape index (κ2) is 4.85. The summed E-state index contributed by atoms with van der Waals surface area (Å²) in [5.41, 5.74) is 4.82. The molecule has 2 heteroatoms. The number of hydrogen-bond acceptors (Lipinski definition) is 1. The minimum absolute atomic E-state index is 0.293. The van der Waals surface area contributed by atoms with E-state index in [1.807, 2.05) is 12.1 Å². The summed E-state index contributed by atoms with van der Waals surface area (Å²) < 4.78 is 0. The molecule has 0 atom stereocenters. The minimum atomic E-state index is -1.64. The molecule has 0 saturated carbocycles. The van der Waals surface area contributed by atoms with Gasteiger partial charge >= 0.3 is 0 Å². The number of hydrogen-bond donors (Lipinski definition) is 0. The molecule has 0 saturated heterocycles. The first-order valence-corrected chi connectivity index (χ1v) is 11.1. The smallest absolute Gasteiger partial charge is 0.186 e. The predicted molar refractivity (Wildman–Crippen MR) is 87.6 cm³/mol. The van der Waals surface area contributed by atoms with Crippen LogP contribution in [-0.2, 0) is 0 Å².